The first-order valence-corrected chi connectivity index (χ1v) is 11.0. The molecular weight excluding hydrogens is 380 g/mol. The fraction of sp³-hybridized carbons (Fsp3) is 0.652. The highest BCUT2D eigenvalue weighted by molar-refractivity contribution is 5.83. The van der Waals surface area contributed by atoms with Gasteiger partial charge in [0, 0.05) is 52.4 Å². The van der Waals surface area contributed by atoms with E-state index in [9.17, 15) is 9.59 Å². The van der Waals surface area contributed by atoms with Gasteiger partial charge in [0.15, 0.2) is 0 Å². The number of likely N-dealkylation sites (N-methyl/N-ethyl adjacent to an activating group) is 1. The molecule has 2 saturated heterocycles. The minimum atomic E-state index is -0.535. The number of carbonyl (C=O) groups is 2. The predicted molar refractivity (Wildman–Crippen MR) is 117 cm³/mol. The molecule has 3 rings (SSSR count). The lowest BCUT2D eigenvalue weighted by Gasteiger charge is -2.40. The molecule has 7 nitrogen and oxygen atoms in total. The van der Waals surface area contributed by atoms with Gasteiger partial charge in [0.2, 0.25) is 5.91 Å². The van der Waals surface area contributed by atoms with Crippen molar-refractivity contribution in [3.8, 4) is 0 Å². The second kappa shape index (κ2) is 9.79. The van der Waals surface area contributed by atoms with Crippen LogP contribution in [0.4, 0.5) is 4.79 Å². The van der Waals surface area contributed by atoms with Crippen LogP contribution >= 0.6 is 0 Å². The Labute approximate surface area is 180 Å². The third kappa shape index (κ3) is 6.19. The van der Waals surface area contributed by atoms with Crippen LogP contribution in [0.5, 0.6) is 0 Å². The Morgan fingerprint density at radius 3 is 2.37 bits per heavy atom. The van der Waals surface area contributed by atoms with Crippen LogP contribution in [0.15, 0.2) is 30.3 Å². The molecule has 0 saturated carbocycles. The molecular formula is C23H36N4O3. The van der Waals surface area contributed by atoms with E-state index in [2.05, 4.69) is 34.1 Å². The summed E-state index contributed by atoms with van der Waals surface area (Å²) < 4.78 is 5.51. The van der Waals surface area contributed by atoms with E-state index in [1.165, 1.54) is 5.56 Å². The van der Waals surface area contributed by atoms with Crippen LogP contribution in [-0.4, -0.2) is 96.1 Å². The first-order chi connectivity index (χ1) is 14.2. The third-order valence-corrected chi connectivity index (χ3v) is 5.73. The summed E-state index contributed by atoms with van der Waals surface area (Å²) in [6.45, 7) is 11.5. The van der Waals surface area contributed by atoms with E-state index in [1.807, 2.05) is 38.8 Å². The lowest BCUT2D eigenvalue weighted by atomic mass is 10.1. The largest absolute Gasteiger partial charge is 0.444 e. The van der Waals surface area contributed by atoms with Crippen LogP contribution in [0.2, 0.25) is 0 Å². The number of rotatable bonds is 3. The van der Waals surface area contributed by atoms with Gasteiger partial charge in [0.1, 0.15) is 11.6 Å². The molecule has 0 aliphatic carbocycles. The van der Waals surface area contributed by atoms with E-state index in [0.29, 0.717) is 19.6 Å². The summed E-state index contributed by atoms with van der Waals surface area (Å²) in [6.07, 6.45) is 0.628. The molecule has 0 N–H and O–H groups in total. The molecule has 0 bridgehead atoms. The summed E-state index contributed by atoms with van der Waals surface area (Å²) in [6, 6.07) is 10.2. The molecule has 0 aromatic heterocycles. The number of nitrogens with zero attached hydrogens (tertiary/aromatic N) is 4. The SMILES string of the molecule is CN1CCN(C(=O)OC(C)(C)C)CC1C(=O)N1CCCN(Cc2ccccc2)CC1. The summed E-state index contributed by atoms with van der Waals surface area (Å²) in [5.41, 5.74) is 0.768. The van der Waals surface area contributed by atoms with E-state index in [4.69, 9.17) is 4.74 Å². The maximum atomic E-state index is 13.3. The fourth-order valence-corrected chi connectivity index (χ4v) is 4.03. The van der Waals surface area contributed by atoms with Gasteiger partial charge in [0.25, 0.3) is 0 Å². The normalized spacial score (nSPS) is 21.9. The quantitative estimate of drug-likeness (QED) is 0.757. The van der Waals surface area contributed by atoms with Crippen LogP contribution in [0.3, 0.4) is 0 Å². The van der Waals surface area contributed by atoms with Crippen molar-refractivity contribution >= 4 is 12.0 Å². The lowest BCUT2D eigenvalue weighted by molar-refractivity contribution is -0.138. The van der Waals surface area contributed by atoms with Gasteiger partial charge < -0.3 is 14.5 Å². The summed E-state index contributed by atoms with van der Waals surface area (Å²) in [5, 5.41) is 0. The van der Waals surface area contributed by atoms with Crippen molar-refractivity contribution < 1.29 is 14.3 Å². The second-order valence-electron chi connectivity index (χ2n) is 9.36. The van der Waals surface area contributed by atoms with Crippen LogP contribution in [0.25, 0.3) is 0 Å². The standard InChI is InChI=1S/C23H36N4O3/c1-23(2,3)30-22(29)27-15-13-24(4)20(18-27)21(28)26-12-8-11-25(14-16-26)17-19-9-6-5-7-10-19/h5-7,9-10,20H,8,11-18H2,1-4H3. The van der Waals surface area contributed by atoms with E-state index < -0.39 is 5.60 Å². The number of amides is 2. The maximum Gasteiger partial charge on any atom is 0.410 e. The first kappa shape index (κ1) is 22.6. The highest BCUT2D eigenvalue weighted by atomic mass is 16.6. The smallest absolute Gasteiger partial charge is 0.410 e. The second-order valence-corrected chi connectivity index (χ2v) is 9.36. The number of hydrogen-bond donors (Lipinski definition) is 0. The molecule has 0 radical (unpaired) electrons. The van der Waals surface area contributed by atoms with Crippen molar-refractivity contribution in [3.05, 3.63) is 35.9 Å². The summed E-state index contributed by atoms with van der Waals surface area (Å²) in [4.78, 5) is 33.9. The molecule has 2 fully saturated rings. The van der Waals surface area contributed by atoms with Crippen molar-refractivity contribution in [2.24, 2.45) is 0 Å². The van der Waals surface area contributed by atoms with E-state index in [1.54, 1.807) is 4.90 Å². The molecule has 1 aromatic carbocycles. The minimum absolute atomic E-state index is 0.118. The first-order valence-electron chi connectivity index (χ1n) is 11.0. The van der Waals surface area contributed by atoms with Gasteiger partial charge >= 0.3 is 6.09 Å². The van der Waals surface area contributed by atoms with Crippen molar-refractivity contribution in [1.82, 2.24) is 19.6 Å². The van der Waals surface area contributed by atoms with Crippen LogP contribution in [-0.2, 0) is 16.1 Å². The Morgan fingerprint density at radius 1 is 0.967 bits per heavy atom. The summed E-state index contributed by atoms with van der Waals surface area (Å²) in [5.74, 6) is 0.118. The molecule has 2 aliphatic rings. The number of ether oxygens (including phenoxy) is 1. The Hall–Kier alpha value is -2.12. The van der Waals surface area contributed by atoms with Gasteiger partial charge in [-0.2, -0.15) is 0 Å². The number of piperazine rings is 1. The van der Waals surface area contributed by atoms with Crippen molar-refractivity contribution in [2.45, 2.75) is 45.4 Å². The highest BCUT2D eigenvalue weighted by Gasteiger charge is 2.36. The van der Waals surface area contributed by atoms with E-state index in [-0.39, 0.29) is 18.0 Å². The molecule has 2 heterocycles. The van der Waals surface area contributed by atoms with Crippen LogP contribution in [0.1, 0.15) is 32.8 Å². The third-order valence-electron chi connectivity index (χ3n) is 5.73. The average molecular weight is 417 g/mol. The topological polar surface area (TPSA) is 56.3 Å². The molecule has 30 heavy (non-hydrogen) atoms. The Balaban J connectivity index is 1.57. The van der Waals surface area contributed by atoms with Gasteiger partial charge in [-0.05, 0) is 39.8 Å². The number of benzene rings is 1. The number of hydrogen-bond acceptors (Lipinski definition) is 5. The van der Waals surface area contributed by atoms with Crippen molar-refractivity contribution in [3.63, 3.8) is 0 Å². The number of carbonyl (C=O) groups excluding carboxylic acids is 2. The van der Waals surface area contributed by atoms with Gasteiger partial charge in [-0.3, -0.25) is 14.6 Å². The zero-order chi connectivity index (χ0) is 21.7. The van der Waals surface area contributed by atoms with Crippen LogP contribution in [0, 0.1) is 0 Å². The molecule has 1 unspecified atom stereocenters. The van der Waals surface area contributed by atoms with Crippen molar-refractivity contribution in [1.29, 1.82) is 0 Å². The summed E-state index contributed by atoms with van der Waals surface area (Å²) >= 11 is 0. The molecule has 0 spiro atoms. The summed E-state index contributed by atoms with van der Waals surface area (Å²) in [7, 11) is 1.97. The highest BCUT2D eigenvalue weighted by Crippen LogP contribution is 2.17. The Kier molecular flexibility index (Phi) is 7.36. The average Bonchev–Trinajstić information content (AvgIpc) is 2.93. The molecule has 166 valence electrons. The zero-order valence-electron chi connectivity index (χ0n) is 18.8. The molecule has 1 aromatic rings. The molecule has 7 heteroatoms. The fourth-order valence-electron chi connectivity index (χ4n) is 4.03. The van der Waals surface area contributed by atoms with E-state index in [0.717, 1.165) is 39.1 Å². The van der Waals surface area contributed by atoms with Gasteiger partial charge in [0.05, 0.1) is 0 Å². The van der Waals surface area contributed by atoms with Gasteiger partial charge in [-0.25, -0.2) is 4.79 Å². The predicted octanol–water partition coefficient (Wildman–Crippen LogP) is 2.27. The lowest BCUT2D eigenvalue weighted by Crippen LogP contribution is -2.60. The van der Waals surface area contributed by atoms with E-state index >= 15 is 0 Å². The van der Waals surface area contributed by atoms with Crippen molar-refractivity contribution in [2.75, 3.05) is 52.9 Å². The Bertz CT molecular complexity index is 719. The molecule has 2 aliphatic heterocycles. The Morgan fingerprint density at radius 2 is 1.67 bits per heavy atom. The zero-order valence-corrected chi connectivity index (χ0v) is 18.8. The monoisotopic (exact) mass is 416 g/mol. The van der Waals surface area contributed by atoms with Gasteiger partial charge in [-0.1, -0.05) is 30.3 Å². The van der Waals surface area contributed by atoms with Crippen LogP contribution < -0.4 is 0 Å². The van der Waals surface area contributed by atoms with Gasteiger partial charge in [-0.15, -0.1) is 0 Å². The maximum absolute atomic E-state index is 13.3. The minimum Gasteiger partial charge on any atom is -0.444 e. The molecule has 1 atom stereocenters. The molecule has 2 amide bonds.